The van der Waals surface area contributed by atoms with Crippen molar-refractivity contribution in [2.45, 2.75) is 62.5 Å². The molecule has 1 amide bonds. The Bertz CT molecular complexity index is 804. The van der Waals surface area contributed by atoms with E-state index in [0.717, 1.165) is 9.79 Å². The molecule has 0 fully saturated rings. The lowest BCUT2D eigenvalue weighted by Gasteiger charge is -2.27. The minimum absolute atomic E-state index is 0.206. The van der Waals surface area contributed by atoms with Crippen molar-refractivity contribution in [3.63, 3.8) is 0 Å². The number of likely N-dealkylation sites (N-methyl/N-ethyl adjacent to an activating group) is 1. The van der Waals surface area contributed by atoms with E-state index >= 15 is 0 Å². The van der Waals surface area contributed by atoms with Gasteiger partial charge in [0, 0.05) is 47.3 Å². The fourth-order valence-electron chi connectivity index (χ4n) is 2.49. The predicted octanol–water partition coefficient (Wildman–Crippen LogP) is 6.68. The molecule has 0 aromatic heterocycles. The summed E-state index contributed by atoms with van der Waals surface area (Å²) in [5, 5.41) is 0. The number of hydrogen-bond donors (Lipinski definition) is 0. The minimum Gasteiger partial charge on any atom is -0.444 e. The Morgan fingerprint density at radius 3 is 1.97 bits per heavy atom. The summed E-state index contributed by atoms with van der Waals surface area (Å²) in [5.41, 5.74) is 1.88. The van der Waals surface area contributed by atoms with Crippen molar-refractivity contribution < 1.29 is 17.9 Å². The molecule has 0 aliphatic heterocycles. The zero-order valence-electron chi connectivity index (χ0n) is 19.2. The molecule has 1 unspecified atom stereocenters. The van der Waals surface area contributed by atoms with E-state index in [0.29, 0.717) is 19.6 Å². The first-order chi connectivity index (χ1) is 14.6. The van der Waals surface area contributed by atoms with E-state index in [9.17, 15) is 4.79 Å². The van der Waals surface area contributed by atoms with E-state index in [1.807, 2.05) is 45.0 Å². The van der Waals surface area contributed by atoms with Crippen molar-refractivity contribution in [3.8, 4) is 0 Å². The van der Waals surface area contributed by atoms with Crippen LogP contribution in [0.15, 0.2) is 58.3 Å². The first-order valence-electron chi connectivity index (χ1n) is 10.3. The number of carbonyl (C=O) groups excluding carboxylic acids is 1. The highest BCUT2D eigenvalue weighted by molar-refractivity contribution is 7.95. The van der Waals surface area contributed by atoms with Gasteiger partial charge in [-0.1, -0.05) is 35.4 Å². The second kappa shape index (κ2) is 12.4. The molecular weight excluding hydrogens is 430 g/mol. The number of hydrogen-bond acceptors (Lipinski definition) is 6. The van der Waals surface area contributed by atoms with Gasteiger partial charge in [0.25, 0.3) is 0 Å². The Balaban J connectivity index is 1.89. The van der Waals surface area contributed by atoms with Crippen LogP contribution in [0.3, 0.4) is 0 Å². The summed E-state index contributed by atoms with van der Waals surface area (Å²) in [5.74, 6) is 0. The number of nitrogens with zero attached hydrogens (tertiary/aromatic N) is 1. The summed E-state index contributed by atoms with van der Waals surface area (Å²) in [7, 11) is 1.73. The zero-order valence-corrected chi connectivity index (χ0v) is 20.8. The highest BCUT2D eigenvalue weighted by Gasteiger charge is 2.23. The van der Waals surface area contributed by atoms with Crippen molar-refractivity contribution in [3.05, 3.63) is 59.7 Å². The van der Waals surface area contributed by atoms with Gasteiger partial charge in [0.15, 0.2) is 0 Å². The summed E-state index contributed by atoms with van der Waals surface area (Å²) < 4.78 is 17.3. The topological polar surface area (TPSA) is 48.0 Å². The number of benzene rings is 2. The molecule has 2 aromatic carbocycles. The van der Waals surface area contributed by atoms with Gasteiger partial charge in [-0.2, -0.15) is 0 Å². The molecule has 2 rings (SSSR count). The van der Waals surface area contributed by atoms with Crippen molar-refractivity contribution >= 4 is 30.2 Å². The van der Waals surface area contributed by atoms with Crippen LogP contribution in [0.1, 0.15) is 38.3 Å². The smallest absolute Gasteiger partial charge is 0.410 e. The monoisotopic (exact) mass is 463 g/mol. The standard InChI is InChI=1S/C24H33NO4S2/c1-18-7-11-21(12-8-18)30-27-16-15-20(17-25(6)23(26)28-24(3,4)5)29-31-22-13-9-19(2)10-14-22/h7-14,20H,15-17H2,1-6H3. The van der Waals surface area contributed by atoms with Gasteiger partial charge in [0.2, 0.25) is 0 Å². The second-order valence-corrected chi connectivity index (χ2v) is 10.2. The maximum absolute atomic E-state index is 12.4. The van der Waals surface area contributed by atoms with E-state index in [2.05, 4.69) is 38.1 Å². The number of ether oxygens (including phenoxy) is 1. The Hall–Kier alpha value is -1.67. The number of aryl methyl sites for hydroxylation is 2. The van der Waals surface area contributed by atoms with Gasteiger partial charge in [0.05, 0.1) is 19.3 Å². The van der Waals surface area contributed by atoms with Crippen LogP contribution in [0.5, 0.6) is 0 Å². The third-order valence-electron chi connectivity index (χ3n) is 4.18. The highest BCUT2D eigenvalue weighted by Crippen LogP contribution is 2.24. The molecule has 0 aliphatic rings. The lowest BCUT2D eigenvalue weighted by molar-refractivity contribution is 0.0227. The Kier molecular flexibility index (Phi) is 10.2. The van der Waals surface area contributed by atoms with Gasteiger partial charge >= 0.3 is 6.09 Å². The predicted molar refractivity (Wildman–Crippen MR) is 128 cm³/mol. The van der Waals surface area contributed by atoms with Crippen molar-refractivity contribution in [1.29, 1.82) is 0 Å². The SMILES string of the molecule is Cc1ccc(SOCCC(CN(C)C(=O)OC(C)(C)C)OSc2ccc(C)cc2)cc1. The van der Waals surface area contributed by atoms with Gasteiger partial charge in [-0.05, 0) is 58.9 Å². The molecule has 2 aromatic rings. The third-order valence-corrected chi connectivity index (χ3v) is 5.77. The van der Waals surface area contributed by atoms with Crippen LogP contribution < -0.4 is 0 Å². The molecular formula is C24H33NO4S2. The second-order valence-electron chi connectivity index (χ2n) is 8.48. The quantitative estimate of drug-likeness (QED) is 0.289. The van der Waals surface area contributed by atoms with Gasteiger partial charge in [0.1, 0.15) is 5.60 Å². The van der Waals surface area contributed by atoms with Gasteiger partial charge < -0.3 is 18.0 Å². The van der Waals surface area contributed by atoms with Crippen LogP contribution in [0, 0.1) is 13.8 Å². The molecule has 0 heterocycles. The molecule has 7 heteroatoms. The minimum atomic E-state index is -0.536. The fourth-order valence-corrected chi connectivity index (χ4v) is 3.70. The van der Waals surface area contributed by atoms with E-state index < -0.39 is 5.60 Å². The van der Waals surface area contributed by atoms with Crippen LogP contribution in [0.2, 0.25) is 0 Å². The maximum Gasteiger partial charge on any atom is 0.410 e. The van der Waals surface area contributed by atoms with Crippen LogP contribution in [-0.4, -0.2) is 42.9 Å². The average molecular weight is 464 g/mol. The van der Waals surface area contributed by atoms with Gasteiger partial charge in [-0.25, -0.2) is 4.79 Å². The molecule has 0 saturated carbocycles. The van der Waals surface area contributed by atoms with Crippen LogP contribution in [0.4, 0.5) is 4.79 Å². The third kappa shape index (κ3) is 10.5. The zero-order chi connectivity index (χ0) is 22.9. The number of rotatable bonds is 10. The summed E-state index contributed by atoms with van der Waals surface area (Å²) in [6.45, 7) is 10.6. The molecule has 0 radical (unpaired) electrons. The van der Waals surface area contributed by atoms with Crippen molar-refractivity contribution in [2.24, 2.45) is 0 Å². The normalized spacial score (nSPS) is 12.5. The van der Waals surface area contributed by atoms with Crippen molar-refractivity contribution in [1.82, 2.24) is 4.90 Å². The molecule has 170 valence electrons. The fraction of sp³-hybridized carbons (Fsp3) is 0.458. The molecule has 0 bridgehead atoms. The van der Waals surface area contributed by atoms with E-state index in [1.165, 1.54) is 35.2 Å². The molecule has 5 nitrogen and oxygen atoms in total. The Morgan fingerprint density at radius 2 is 1.45 bits per heavy atom. The highest BCUT2D eigenvalue weighted by atomic mass is 32.2. The van der Waals surface area contributed by atoms with E-state index in [1.54, 1.807) is 11.9 Å². The number of carbonyl (C=O) groups is 1. The molecule has 0 saturated heterocycles. The maximum atomic E-state index is 12.4. The van der Waals surface area contributed by atoms with E-state index in [4.69, 9.17) is 13.1 Å². The molecule has 31 heavy (non-hydrogen) atoms. The van der Waals surface area contributed by atoms with Crippen LogP contribution >= 0.6 is 24.1 Å². The lowest BCUT2D eigenvalue weighted by atomic mass is 10.2. The van der Waals surface area contributed by atoms with Crippen LogP contribution in [-0.2, 0) is 13.1 Å². The summed E-state index contributed by atoms with van der Waals surface area (Å²) in [6, 6.07) is 16.4. The molecule has 0 aliphatic carbocycles. The van der Waals surface area contributed by atoms with Gasteiger partial charge in [-0.15, -0.1) is 0 Å². The molecule has 1 atom stereocenters. The summed E-state index contributed by atoms with van der Waals surface area (Å²) in [6.07, 6.45) is 0.0732. The summed E-state index contributed by atoms with van der Waals surface area (Å²) >= 11 is 2.67. The summed E-state index contributed by atoms with van der Waals surface area (Å²) in [4.78, 5) is 16.0. The Morgan fingerprint density at radius 1 is 0.935 bits per heavy atom. The largest absolute Gasteiger partial charge is 0.444 e. The first kappa shape index (κ1) is 25.6. The van der Waals surface area contributed by atoms with E-state index in [-0.39, 0.29) is 12.2 Å². The van der Waals surface area contributed by atoms with Gasteiger partial charge in [-0.3, -0.25) is 0 Å². The molecule has 0 spiro atoms. The lowest BCUT2D eigenvalue weighted by Crippen LogP contribution is -2.39. The first-order valence-corrected chi connectivity index (χ1v) is 11.8. The average Bonchev–Trinajstić information content (AvgIpc) is 2.70. The Labute approximate surface area is 195 Å². The number of amides is 1. The molecule has 0 N–H and O–H groups in total. The van der Waals surface area contributed by atoms with Crippen LogP contribution in [0.25, 0.3) is 0 Å². The van der Waals surface area contributed by atoms with Crippen molar-refractivity contribution in [2.75, 3.05) is 20.2 Å².